The van der Waals surface area contributed by atoms with E-state index in [0.717, 1.165) is 19.4 Å². The van der Waals surface area contributed by atoms with Gasteiger partial charge in [-0.2, -0.15) is 0 Å². The summed E-state index contributed by atoms with van der Waals surface area (Å²) in [5.74, 6) is 0. The third kappa shape index (κ3) is 4.14. The topological polar surface area (TPSA) is 21.3 Å². The third-order valence-corrected chi connectivity index (χ3v) is 3.04. The van der Waals surface area contributed by atoms with E-state index in [0.29, 0.717) is 0 Å². The van der Waals surface area contributed by atoms with Gasteiger partial charge in [0.05, 0.1) is 12.1 Å². The fourth-order valence-electron chi connectivity index (χ4n) is 2.28. The first-order chi connectivity index (χ1) is 8.22. The van der Waals surface area contributed by atoms with Crippen LogP contribution in [0.15, 0.2) is 24.3 Å². The second-order valence-electron chi connectivity index (χ2n) is 4.46. The maximum absolute atomic E-state index is 5.87. The Labute approximate surface area is 105 Å². The van der Waals surface area contributed by atoms with Gasteiger partial charge in [0.1, 0.15) is 0 Å². The van der Waals surface area contributed by atoms with Crippen molar-refractivity contribution in [3.05, 3.63) is 35.4 Å². The fourth-order valence-corrected chi connectivity index (χ4v) is 2.28. The summed E-state index contributed by atoms with van der Waals surface area (Å²) in [7, 11) is 2.01. The highest BCUT2D eigenvalue weighted by atomic mass is 16.5. The zero-order chi connectivity index (χ0) is 12.7. The summed E-state index contributed by atoms with van der Waals surface area (Å²) in [5, 5.41) is 3.39. The largest absolute Gasteiger partial charge is 0.377 e. The van der Waals surface area contributed by atoms with Crippen LogP contribution in [0.1, 0.15) is 43.9 Å². The van der Waals surface area contributed by atoms with Crippen LogP contribution < -0.4 is 5.32 Å². The van der Waals surface area contributed by atoms with Crippen LogP contribution in [-0.2, 0) is 4.74 Å². The van der Waals surface area contributed by atoms with E-state index in [2.05, 4.69) is 50.4 Å². The molecule has 0 amide bonds. The van der Waals surface area contributed by atoms with Crippen LogP contribution in [0.2, 0.25) is 0 Å². The molecule has 0 heterocycles. The van der Waals surface area contributed by atoms with Crippen molar-refractivity contribution in [2.24, 2.45) is 0 Å². The molecule has 0 radical (unpaired) electrons. The number of aryl methyl sites for hydroxylation is 1. The molecule has 0 aromatic heterocycles. The second-order valence-corrected chi connectivity index (χ2v) is 4.46. The molecule has 17 heavy (non-hydrogen) atoms. The minimum Gasteiger partial charge on any atom is -0.377 e. The van der Waals surface area contributed by atoms with Crippen molar-refractivity contribution in [1.82, 2.24) is 5.32 Å². The van der Waals surface area contributed by atoms with Crippen LogP contribution >= 0.6 is 0 Å². The van der Waals surface area contributed by atoms with Gasteiger partial charge in [0, 0.05) is 6.61 Å². The molecule has 2 heteroatoms. The van der Waals surface area contributed by atoms with Gasteiger partial charge >= 0.3 is 0 Å². The average molecular weight is 235 g/mol. The van der Waals surface area contributed by atoms with Gasteiger partial charge in [-0.1, -0.05) is 43.2 Å². The summed E-state index contributed by atoms with van der Waals surface area (Å²) in [6, 6.07) is 8.95. The van der Waals surface area contributed by atoms with Gasteiger partial charge in [-0.25, -0.2) is 0 Å². The molecule has 0 aliphatic carbocycles. The standard InChI is InChI=1S/C15H25NO/c1-5-8-14(17-6-2)15(16-4)13-10-7-9-12(3)11-13/h7,9-11,14-16H,5-6,8H2,1-4H3. The summed E-state index contributed by atoms with van der Waals surface area (Å²) >= 11 is 0. The molecule has 2 atom stereocenters. The monoisotopic (exact) mass is 235 g/mol. The molecule has 0 saturated carbocycles. The number of hydrogen-bond acceptors (Lipinski definition) is 2. The SMILES string of the molecule is CCCC(OCC)C(NC)c1cccc(C)c1. The summed E-state index contributed by atoms with van der Waals surface area (Å²) < 4.78 is 5.87. The Kier molecular flexibility index (Phi) is 6.23. The second kappa shape index (κ2) is 7.46. The Morgan fingerprint density at radius 1 is 1.29 bits per heavy atom. The van der Waals surface area contributed by atoms with E-state index in [9.17, 15) is 0 Å². The van der Waals surface area contributed by atoms with Crippen LogP contribution in [0.5, 0.6) is 0 Å². The van der Waals surface area contributed by atoms with Crippen LogP contribution in [0.4, 0.5) is 0 Å². The molecule has 1 aromatic rings. The zero-order valence-electron chi connectivity index (χ0n) is 11.5. The minimum atomic E-state index is 0.261. The van der Waals surface area contributed by atoms with Gasteiger partial charge in [0.15, 0.2) is 0 Å². The number of hydrogen-bond donors (Lipinski definition) is 1. The Morgan fingerprint density at radius 3 is 2.59 bits per heavy atom. The highest BCUT2D eigenvalue weighted by Crippen LogP contribution is 2.23. The summed E-state index contributed by atoms with van der Waals surface area (Å²) in [5.41, 5.74) is 2.62. The number of rotatable bonds is 7. The maximum Gasteiger partial charge on any atom is 0.0769 e. The summed E-state index contributed by atoms with van der Waals surface area (Å²) in [6.45, 7) is 7.17. The lowest BCUT2D eigenvalue weighted by Crippen LogP contribution is -2.31. The first-order valence-corrected chi connectivity index (χ1v) is 6.58. The van der Waals surface area contributed by atoms with E-state index in [4.69, 9.17) is 4.74 Å². The lowest BCUT2D eigenvalue weighted by Gasteiger charge is -2.27. The molecule has 0 aliphatic rings. The molecule has 0 spiro atoms. The van der Waals surface area contributed by atoms with Crippen LogP contribution in [-0.4, -0.2) is 19.8 Å². The van der Waals surface area contributed by atoms with Crippen molar-refractivity contribution in [1.29, 1.82) is 0 Å². The molecule has 96 valence electrons. The average Bonchev–Trinajstić information content (AvgIpc) is 2.31. The van der Waals surface area contributed by atoms with Crippen molar-refractivity contribution in [3.63, 3.8) is 0 Å². The van der Waals surface area contributed by atoms with Gasteiger partial charge in [0.2, 0.25) is 0 Å². The number of ether oxygens (including phenoxy) is 1. The molecule has 0 saturated heterocycles. The lowest BCUT2D eigenvalue weighted by molar-refractivity contribution is 0.0295. The van der Waals surface area contributed by atoms with Crippen LogP contribution in [0.3, 0.4) is 0 Å². The van der Waals surface area contributed by atoms with Crippen LogP contribution in [0, 0.1) is 6.92 Å². The summed E-state index contributed by atoms with van der Waals surface area (Å²) in [6.07, 6.45) is 2.50. The quantitative estimate of drug-likeness (QED) is 0.781. The summed E-state index contributed by atoms with van der Waals surface area (Å²) in [4.78, 5) is 0. The van der Waals surface area contributed by atoms with Crippen LogP contribution in [0.25, 0.3) is 0 Å². The Morgan fingerprint density at radius 2 is 2.06 bits per heavy atom. The van der Waals surface area contributed by atoms with Gasteiger partial charge in [-0.3, -0.25) is 0 Å². The van der Waals surface area contributed by atoms with Crippen molar-refractivity contribution < 1.29 is 4.74 Å². The smallest absolute Gasteiger partial charge is 0.0769 e. The molecule has 0 aliphatic heterocycles. The number of nitrogens with one attached hydrogen (secondary N) is 1. The van der Waals surface area contributed by atoms with E-state index >= 15 is 0 Å². The van der Waals surface area contributed by atoms with Gasteiger partial charge < -0.3 is 10.1 Å². The van der Waals surface area contributed by atoms with E-state index in [1.807, 2.05) is 7.05 Å². The minimum absolute atomic E-state index is 0.261. The third-order valence-electron chi connectivity index (χ3n) is 3.04. The van der Waals surface area contributed by atoms with E-state index in [1.54, 1.807) is 0 Å². The van der Waals surface area contributed by atoms with E-state index in [1.165, 1.54) is 11.1 Å². The van der Waals surface area contributed by atoms with Crippen molar-refractivity contribution in [3.8, 4) is 0 Å². The van der Waals surface area contributed by atoms with Gasteiger partial charge in [-0.15, -0.1) is 0 Å². The first kappa shape index (κ1) is 14.2. The fraction of sp³-hybridized carbons (Fsp3) is 0.600. The molecular formula is C15H25NO. The molecular weight excluding hydrogens is 210 g/mol. The number of benzene rings is 1. The Hall–Kier alpha value is -0.860. The van der Waals surface area contributed by atoms with E-state index in [-0.39, 0.29) is 12.1 Å². The van der Waals surface area contributed by atoms with Gasteiger partial charge in [0.25, 0.3) is 0 Å². The molecule has 0 bridgehead atoms. The van der Waals surface area contributed by atoms with Crippen molar-refractivity contribution in [2.45, 2.75) is 45.8 Å². The Balaban J connectivity index is 2.87. The van der Waals surface area contributed by atoms with Gasteiger partial charge in [-0.05, 0) is 32.9 Å². The lowest BCUT2D eigenvalue weighted by atomic mass is 9.97. The molecule has 2 nitrogen and oxygen atoms in total. The zero-order valence-corrected chi connectivity index (χ0v) is 11.5. The molecule has 1 N–H and O–H groups in total. The first-order valence-electron chi connectivity index (χ1n) is 6.58. The highest BCUT2D eigenvalue weighted by molar-refractivity contribution is 5.25. The molecule has 1 rings (SSSR count). The normalized spacial score (nSPS) is 14.6. The van der Waals surface area contributed by atoms with E-state index < -0.39 is 0 Å². The van der Waals surface area contributed by atoms with Crippen molar-refractivity contribution >= 4 is 0 Å². The number of likely N-dealkylation sites (N-methyl/N-ethyl adjacent to an activating group) is 1. The molecule has 1 aromatic carbocycles. The molecule has 2 unspecified atom stereocenters. The maximum atomic E-state index is 5.87. The van der Waals surface area contributed by atoms with Crippen molar-refractivity contribution in [2.75, 3.05) is 13.7 Å². The predicted octanol–water partition coefficient (Wildman–Crippen LogP) is 3.46. The molecule has 0 fully saturated rings. The highest BCUT2D eigenvalue weighted by Gasteiger charge is 2.21. The predicted molar refractivity (Wildman–Crippen MR) is 73.3 cm³/mol. The Bertz CT molecular complexity index is 318.